The Morgan fingerprint density at radius 2 is 1.69 bits per heavy atom. The third-order valence-electron chi connectivity index (χ3n) is 1.43. The van der Waals surface area contributed by atoms with Crippen LogP contribution in [0.5, 0.6) is 0 Å². The number of para-hydroxylation sites is 1. The maximum atomic E-state index is 10.1. The van der Waals surface area contributed by atoms with Crippen molar-refractivity contribution in [2.24, 2.45) is 0 Å². The SMILES string of the molecule is O=C(O)Nc1ccccc1.c1cnnnc1. The minimum absolute atomic E-state index is 0.593. The molecule has 1 heterocycles. The fourth-order valence-corrected chi connectivity index (χ4v) is 0.850. The third-order valence-corrected chi connectivity index (χ3v) is 1.43. The molecule has 0 saturated heterocycles. The Hall–Kier alpha value is -2.50. The number of amides is 1. The Bertz CT molecular complexity index is 381. The molecule has 2 rings (SSSR count). The largest absolute Gasteiger partial charge is 0.465 e. The molecule has 2 N–H and O–H groups in total. The molecule has 6 heteroatoms. The molecule has 2 aromatic rings. The van der Waals surface area contributed by atoms with Crippen molar-refractivity contribution in [3.8, 4) is 0 Å². The highest BCUT2D eigenvalue weighted by molar-refractivity contribution is 5.82. The third kappa shape index (κ3) is 5.28. The Morgan fingerprint density at radius 1 is 1.06 bits per heavy atom. The van der Waals surface area contributed by atoms with Gasteiger partial charge in [-0.1, -0.05) is 18.2 Å². The van der Waals surface area contributed by atoms with Crippen molar-refractivity contribution in [3.63, 3.8) is 0 Å². The highest BCUT2D eigenvalue weighted by Gasteiger charge is 1.93. The van der Waals surface area contributed by atoms with Crippen LogP contribution < -0.4 is 5.32 Å². The Labute approximate surface area is 92.0 Å². The number of hydrogen-bond acceptors (Lipinski definition) is 4. The molecule has 0 spiro atoms. The normalized spacial score (nSPS) is 8.50. The van der Waals surface area contributed by atoms with Gasteiger partial charge in [-0.25, -0.2) is 4.79 Å². The summed E-state index contributed by atoms with van der Waals surface area (Å²) in [7, 11) is 0. The summed E-state index contributed by atoms with van der Waals surface area (Å²) in [4.78, 5) is 10.1. The summed E-state index contributed by atoms with van der Waals surface area (Å²) in [5.41, 5.74) is 0.593. The topological polar surface area (TPSA) is 88.0 Å². The van der Waals surface area contributed by atoms with E-state index in [1.807, 2.05) is 6.07 Å². The van der Waals surface area contributed by atoms with Crippen LogP contribution in [0, 0.1) is 0 Å². The van der Waals surface area contributed by atoms with Gasteiger partial charge in [0.2, 0.25) is 0 Å². The van der Waals surface area contributed by atoms with Gasteiger partial charge in [0.05, 0.1) is 12.4 Å². The van der Waals surface area contributed by atoms with Crippen molar-refractivity contribution >= 4 is 11.8 Å². The van der Waals surface area contributed by atoms with Crippen LogP contribution in [0.3, 0.4) is 0 Å². The Balaban J connectivity index is 0.000000181. The lowest BCUT2D eigenvalue weighted by Gasteiger charge is -1.96. The van der Waals surface area contributed by atoms with Gasteiger partial charge in [-0.05, 0) is 23.4 Å². The lowest BCUT2D eigenvalue weighted by molar-refractivity contribution is 0.210. The van der Waals surface area contributed by atoms with Crippen molar-refractivity contribution in [2.75, 3.05) is 5.32 Å². The number of aromatic nitrogens is 3. The van der Waals surface area contributed by atoms with E-state index < -0.39 is 6.09 Å². The van der Waals surface area contributed by atoms with Gasteiger partial charge >= 0.3 is 6.09 Å². The highest BCUT2D eigenvalue weighted by atomic mass is 16.4. The maximum Gasteiger partial charge on any atom is 0.409 e. The molecule has 0 aliphatic heterocycles. The zero-order valence-corrected chi connectivity index (χ0v) is 8.32. The first-order valence-corrected chi connectivity index (χ1v) is 4.42. The molecular formula is C10H10N4O2. The number of anilines is 1. The summed E-state index contributed by atoms with van der Waals surface area (Å²) in [6.45, 7) is 0. The van der Waals surface area contributed by atoms with Crippen molar-refractivity contribution in [1.82, 2.24) is 15.4 Å². The highest BCUT2D eigenvalue weighted by Crippen LogP contribution is 2.03. The average molecular weight is 218 g/mol. The van der Waals surface area contributed by atoms with E-state index in [9.17, 15) is 4.79 Å². The molecule has 1 amide bonds. The van der Waals surface area contributed by atoms with Crippen LogP contribution in [0.1, 0.15) is 0 Å². The van der Waals surface area contributed by atoms with Crippen LogP contribution in [-0.2, 0) is 0 Å². The molecule has 0 fully saturated rings. The Morgan fingerprint density at radius 3 is 2.06 bits per heavy atom. The molecular weight excluding hydrogens is 208 g/mol. The van der Waals surface area contributed by atoms with Crippen LogP contribution >= 0.6 is 0 Å². The summed E-state index contributed by atoms with van der Waals surface area (Å²) >= 11 is 0. The van der Waals surface area contributed by atoms with Crippen molar-refractivity contribution in [2.45, 2.75) is 0 Å². The van der Waals surface area contributed by atoms with E-state index in [2.05, 4.69) is 20.7 Å². The van der Waals surface area contributed by atoms with Crippen LogP contribution in [-0.4, -0.2) is 26.6 Å². The number of rotatable bonds is 1. The second-order valence-corrected chi connectivity index (χ2v) is 2.61. The maximum absolute atomic E-state index is 10.1. The lowest BCUT2D eigenvalue weighted by Crippen LogP contribution is -2.06. The van der Waals surface area contributed by atoms with Gasteiger partial charge < -0.3 is 5.11 Å². The minimum atomic E-state index is -1.04. The molecule has 0 bridgehead atoms. The van der Waals surface area contributed by atoms with E-state index in [-0.39, 0.29) is 0 Å². The number of nitrogens with zero attached hydrogens (tertiary/aromatic N) is 3. The molecule has 16 heavy (non-hydrogen) atoms. The summed E-state index contributed by atoms with van der Waals surface area (Å²) in [6.07, 6.45) is 2.12. The molecule has 0 atom stereocenters. The summed E-state index contributed by atoms with van der Waals surface area (Å²) in [5.74, 6) is 0. The van der Waals surface area contributed by atoms with Crippen LogP contribution in [0.4, 0.5) is 10.5 Å². The van der Waals surface area contributed by atoms with Crippen LogP contribution in [0.15, 0.2) is 48.8 Å². The van der Waals surface area contributed by atoms with Gasteiger partial charge in [0.25, 0.3) is 0 Å². The van der Waals surface area contributed by atoms with E-state index in [0.29, 0.717) is 5.69 Å². The Kier molecular flexibility index (Phi) is 4.98. The van der Waals surface area contributed by atoms with E-state index >= 15 is 0 Å². The predicted octanol–water partition coefficient (Wildman–Crippen LogP) is 1.65. The van der Waals surface area contributed by atoms with Crippen LogP contribution in [0.2, 0.25) is 0 Å². The second kappa shape index (κ2) is 6.88. The van der Waals surface area contributed by atoms with Crippen molar-refractivity contribution < 1.29 is 9.90 Å². The first-order valence-electron chi connectivity index (χ1n) is 4.42. The molecule has 82 valence electrons. The first kappa shape index (κ1) is 11.6. The van der Waals surface area contributed by atoms with E-state index in [0.717, 1.165) is 0 Å². The van der Waals surface area contributed by atoms with Gasteiger partial charge in [-0.2, -0.15) is 0 Å². The number of nitrogens with one attached hydrogen (secondary N) is 1. The molecule has 6 nitrogen and oxygen atoms in total. The summed E-state index contributed by atoms with van der Waals surface area (Å²) in [5, 5.41) is 20.6. The summed E-state index contributed by atoms with van der Waals surface area (Å²) < 4.78 is 0. The fraction of sp³-hybridized carbons (Fsp3) is 0. The van der Waals surface area contributed by atoms with Gasteiger partial charge in [-0.3, -0.25) is 5.32 Å². The molecule has 0 aliphatic rings. The van der Waals surface area contributed by atoms with E-state index in [1.54, 1.807) is 42.7 Å². The second-order valence-electron chi connectivity index (χ2n) is 2.61. The fourth-order valence-electron chi connectivity index (χ4n) is 0.850. The smallest absolute Gasteiger partial charge is 0.409 e. The summed E-state index contributed by atoms with van der Waals surface area (Å²) in [6, 6.07) is 10.5. The zero-order valence-electron chi connectivity index (χ0n) is 8.32. The number of carboxylic acid groups (broad SMARTS) is 1. The van der Waals surface area contributed by atoms with Gasteiger partial charge in [0.15, 0.2) is 0 Å². The van der Waals surface area contributed by atoms with Crippen molar-refractivity contribution in [3.05, 3.63) is 48.8 Å². The molecule has 0 saturated carbocycles. The number of carbonyl (C=O) groups is 1. The first-order chi connectivity index (χ1) is 7.79. The lowest BCUT2D eigenvalue weighted by atomic mass is 10.3. The molecule has 0 unspecified atom stereocenters. The standard InChI is InChI=1S/C7H7NO2.C3H3N3/c9-7(10)8-6-4-2-1-3-5-6;1-2-4-6-5-3-1/h1-5,8H,(H,9,10);1-3H. The van der Waals surface area contributed by atoms with Gasteiger partial charge in [-0.15, -0.1) is 10.2 Å². The quantitative estimate of drug-likeness (QED) is 0.759. The minimum Gasteiger partial charge on any atom is -0.465 e. The zero-order chi connectivity index (χ0) is 11.6. The van der Waals surface area contributed by atoms with E-state index in [4.69, 9.17) is 5.11 Å². The van der Waals surface area contributed by atoms with Crippen molar-refractivity contribution in [1.29, 1.82) is 0 Å². The van der Waals surface area contributed by atoms with Gasteiger partial charge in [0, 0.05) is 5.69 Å². The molecule has 1 aromatic heterocycles. The monoisotopic (exact) mass is 218 g/mol. The van der Waals surface area contributed by atoms with Crippen LogP contribution in [0.25, 0.3) is 0 Å². The van der Waals surface area contributed by atoms with Gasteiger partial charge in [0.1, 0.15) is 0 Å². The predicted molar refractivity (Wildman–Crippen MR) is 57.9 cm³/mol. The molecule has 0 radical (unpaired) electrons. The number of hydrogen-bond donors (Lipinski definition) is 2. The number of benzene rings is 1. The average Bonchev–Trinajstić information content (AvgIpc) is 2.32. The van der Waals surface area contributed by atoms with E-state index in [1.165, 1.54) is 0 Å². The molecule has 0 aliphatic carbocycles. The molecule has 1 aromatic carbocycles.